The highest BCUT2D eigenvalue weighted by atomic mass is 35.5. The van der Waals surface area contributed by atoms with E-state index in [1.54, 1.807) is 18.3 Å². The molecule has 1 aliphatic heterocycles. The van der Waals surface area contributed by atoms with Crippen LogP contribution in [0.25, 0.3) is 10.9 Å². The first-order valence-electron chi connectivity index (χ1n) is 7.57. The van der Waals surface area contributed by atoms with Crippen molar-refractivity contribution in [1.82, 2.24) is 14.5 Å². The zero-order valence-corrected chi connectivity index (χ0v) is 14.2. The van der Waals surface area contributed by atoms with Crippen molar-refractivity contribution in [2.24, 2.45) is 11.8 Å². The van der Waals surface area contributed by atoms with Crippen LogP contribution < -0.4 is 0 Å². The van der Waals surface area contributed by atoms with Crippen molar-refractivity contribution in [3.05, 3.63) is 28.9 Å². The number of H-pyrrole nitrogens is 1. The van der Waals surface area contributed by atoms with Crippen LogP contribution in [0.1, 0.15) is 18.4 Å². The molecule has 0 spiro atoms. The minimum atomic E-state index is -3.16. The van der Waals surface area contributed by atoms with Crippen LogP contribution in [0.2, 0.25) is 5.02 Å². The molecule has 0 amide bonds. The molecule has 1 aliphatic carbocycles. The summed E-state index contributed by atoms with van der Waals surface area (Å²) >= 11 is 6.18. The maximum Gasteiger partial charge on any atom is 0.211 e. The molecule has 3 atom stereocenters. The Morgan fingerprint density at radius 2 is 2.00 bits per heavy atom. The highest BCUT2D eigenvalue weighted by molar-refractivity contribution is 7.88. The summed E-state index contributed by atoms with van der Waals surface area (Å²) in [5.41, 5.74) is 0.608. The van der Waals surface area contributed by atoms with Crippen LogP contribution >= 0.6 is 11.6 Å². The summed E-state index contributed by atoms with van der Waals surface area (Å²) in [7, 11) is -3.16. The molecule has 4 rings (SSSR count). The number of nitrogens with zero attached hydrogens (tertiary/aromatic N) is 2. The third-order valence-electron chi connectivity index (χ3n) is 5.24. The lowest BCUT2D eigenvalue weighted by Gasteiger charge is -2.26. The number of sulfonamides is 1. The van der Waals surface area contributed by atoms with Gasteiger partial charge in [0.25, 0.3) is 0 Å². The van der Waals surface area contributed by atoms with Gasteiger partial charge in [-0.2, -0.15) is 5.10 Å². The van der Waals surface area contributed by atoms with Crippen LogP contribution in [0.4, 0.5) is 0 Å². The smallest absolute Gasteiger partial charge is 0.211 e. The summed E-state index contributed by atoms with van der Waals surface area (Å²) in [5, 5.41) is 19.6. The Morgan fingerprint density at radius 1 is 1.35 bits per heavy atom. The molecule has 2 aromatic rings. The summed E-state index contributed by atoms with van der Waals surface area (Å²) in [6.07, 6.45) is 4.04. The number of nitrogens with one attached hydrogen (secondary N) is 1. The van der Waals surface area contributed by atoms with Gasteiger partial charge in [-0.05, 0) is 42.4 Å². The van der Waals surface area contributed by atoms with Gasteiger partial charge in [-0.15, -0.1) is 0 Å². The second kappa shape index (κ2) is 4.92. The van der Waals surface area contributed by atoms with Gasteiger partial charge in [-0.1, -0.05) is 11.6 Å². The molecule has 1 saturated carbocycles. The topological polar surface area (TPSA) is 86.3 Å². The molecule has 8 heteroatoms. The van der Waals surface area contributed by atoms with Gasteiger partial charge in [0, 0.05) is 23.5 Å². The fraction of sp³-hybridized carbons (Fsp3) is 0.533. The van der Waals surface area contributed by atoms with Crippen LogP contribution in [0.15, 0.2) is 18.3 Å². The minimum absolute atomic E-state index is 0.177. The predicted molar refractivity (Wildman–Crippen MR) is 87.6 cm³/mol. The quantitative estimate of drug-likeness (QED) is 0.858. The first kappa shape index (κ1) is 15.4. The zero-order chi connectivity index (χ0) is 16.4. The van der Waals surface area contributed by atoms with Crippen LogP contribution in [-0.2, 0) is 15.6 Å². The van der Waals surface area contributed by atoms with Crippen molar-refractivity contribution >= 4 is 32.5 Å². The normalized spacial score (nSPS) is 31.8. The molecule has 2 aliphatic rings. The number of halogens is 1. The monoisotopic (exact) mass is 355 g/mol. The molecule has 0 radical (unpaired) electrons. The van der Waals surface area contributed by atoms with Gasteiger partial charge in [0.15, 0.2) is 0 Å². The van der Waals surface area contributed by atoms with Gasteiger partial charge in [0.05, 0.1) is 23.6 Å². The van der Waals surface area contributed by atoms with E-state index in [4.69, 9.17) is 11.6 Å². The van der Waals surface area contributed by atoms with Crippen LogP contribution in [0.5, 0.6) is 0 Å². The Labute approximate surface area is 139 Å². The molecular formula is C15H18ClN3O3S. The molecule has 1 saturated heterocycles. The first-order chi connectivity index (χ1) is 10.8. The molecule has 1 aromatic carbocycles. The standard InChI is InChI=1S/C15H18ClN3O3S/c1-23(21,22)19-7-9-4-15(20,5-10(9)8-19)13-2-11(16)3-14-12(13)6-17-18-14/h2-3,6,9-10,20H,4-5,7-8H2,1H3,(H,17,18)/t9-,10+,15-. The molecule has 1 aromatic heterocycles. The van der Waals surface area contributed by atoms with Crippen molar-refractivity contribution in [1.29, 1.82) is 0 Å². The van der Waals surface area contributed by atoms with Crippen LogP contribution in [0, 0.1) is 11.8 Å². The summed E-state index contributed by atoms with van der Waals surface area (Å²) < 4.78 is 24.9. The van der Waals surface area contributed by atoms with E-state index in [0.29, 0.717) is 31.0 Å². The number of aromatic nitrogens is 2. The van der Waals surface area contributed by atoms with E-state index in [2.05, 4.69) is 10.2 Å². The number of aromatic amines is 1. The molecule has 2 heterocycles. The largest absolute Gasteiger partial charge is 0.385 e. The second-order valence-corrected chi connectivity index (χ2v) is 9.24. The van der Waals surface area contributed by atoms with Crippen molar-refractivity contribution in [2.45, 2.75) is 18.4 Å². The maximum atomic E-state index is 11.7. The average Bonchev–Trinajstić information content (AvgIpc) is 3.09. The minimum Gasteiger partial charge on any atom is -0.385 e. The lowest BCUT2D eigenvalue weighted by molar-refractivity contribution is 0.0354. The first-order valence-corrected chi connectivity index (χ1v) is 9.79. The molecule has 2 fully saturated rings. The number of fused-ring (bicyclic) bond motifs is 2. The third-order valence-corrected chi connectivity index (χ3v) is 6.69. The van der Waals surface area contributed by atoms with E-state index in [0.717, 1.165) is 16.5 Å². The Morgan fingerprint density at radius 3 is 2.61 bits per heavy atom. The van der Waals surface area contributed by atoms with Crippen LogP contribution in [-0.4, -0.2) is 47.4 Å². The van der Waals surface area contributed by atoms with E-state index < -0.39 is 15.6 Å². The van der Waals surface area contributed by atoms with E-state index >= 15 is 0 Å². The van der Waals surface area contributed by atoms with Gasteiger partial charge < -0.3 is 5.11 Å². The molecule has 0 bridgehead atoms. The Kier molecular flexibility index (Phi) is 3.29. The molecule has 2 N–H and O–H groups in total. The molecule has 124 valence electrons. The lowest BCUT2D eigenvalue weighted by Crippen LogP contribution is -2.31. The molecule has 0 unspecified atom stereocenters. The maximum absolute atomic E-state index is 11.7. The van der Waals surface area contributed by atoms with E-state index in [9.17, 15) is 13.5 Å². The number of aliphatic hydroxyl groups is 1. The Hall–Kier alpha value is -1.15. The van der Waals surface area contributed by atoms with Gasteiger partial charge in [-0.25, -0.2) is 12.7 Å². The summed E-state index contributed by atoms with van der Waals surface area (Å²) in [6, 6.07) is 3.59. The number of benzene rings is 1. The van der Waals surface area contributed by atoms with Crippen molar-refractivity contribution in [3.63, 3.8) is 0 Å². The SMILES string of the molecule is CS(=O)(=O)N1C[C@@H]2C[C@@](O)(c3cc(Cl)cc4[nH]ncc34)C[C@@H]2C1. The van der Waals surface area contributed by atoms with Gasteiger partial charge >= 0.3 is 0 Å². The predicted octanol–water partition coefficient (Wildman–Crippen LogP) is 1.71. The van der Waals surface area contributed by atoms with Gasteiger partial charge in [-0.3, -0.25) is 5.10 Å². The Balaban J connectivity index is 1.68. The highest BCUT2D eigenvalue weighted by Crippen LogP contribution is 2.50. The van der Waals surface area contributed by atoms with Crippen molar-refractivity contribution < 1.29 is 13.5 Å². The van der Waals surface area contributed by atoms with E-state index in [1.165, 1.54) is 10.6 Å². The highest BCUT2D eigenvalue weighted by Gasteiger charge is 2.51. The Bertz CT molecular complexity index is 865. The second-order valence-electron chi connectivity index (χ2n) is 6.82. The number of hydrogen-bond donors (Lipinski definition) is 2. The zero-order valence-electron chi connectivity index (χ0n) is 12.7. The lowest BCUT2D eigenvalue weighted by atomic mass is 9.88. The fourth-order valence-corrected chi connectivity index (χ4v) is 5.34. The third kappa shape index (κ3) is 2.46. The molecular weight excluding hydrogens is 338 g/mol. The average molecular weight is 356 g/mol. The number of rotatable bonds is 2. The van der Waals surface area contributed by atoms with Crippen molar-refractivity contribution in [3.8, 4) is 0 Å². The summed E-state index contributed by atoms with van der Waals surface area (Å²) in [6.45, 7) is 0.974. The summed E-state index contributed by atoms with van der Waals surface area (Å²) in [4.78, 5) is 0. The fourth-order valence-electron chi connectivity index (χ4n) is 4.20. The van der Waals surface area contributed by atoms with Crippen molar-refractivity contribution in [2.75, 3.05) is 19.3 Å². The van der Waals surface area contributed by atoms with Crippen LogP contribution in [0.3, 0.4) is 0 Å². The van der Waals surface area contributed by atoms with E-state index in [-0.39, 0.29) is 11.8 Å². The van der Waals surface area contributed by atoms with Gasteiger partial charge in [0.2, 0.25) is 10.0 Å². The molecule has 6 nitrogen and oxygen atoms in total. The van der Waals surface area contributed by atoms with Gasteiger partial charge in [0.1, 0.15) is 0 Å². The summed E-state index contributed by atoms with van der Waals surface area (Å²) in [5.74, 6) is 0.353. The molecule has 23 heavy (non-hydrogen) atoms. The number of hydrogen-bond acceptors (Lipinski definition) is 4. The van der Waals surface area contributed by atoms with E-state index in [1.807, 2.05) is 0 Å².